The van der Waals surface area contributed by atoms with Crippen molar-refractivity contribution in [2.45, 2.75) is 13.8 Å². The molecule has 98 valence electrons. The molecule has 0 aliphatic rings. The van der Waals surface area contributed by atoms with Crippen LogP contribution in [0.2, 0.25) is 5.15 Å². The molecule has 5 heteroatoms. The Bertz CT molecular complexity index is 643. The molecule has 19 heavy (non-hydrogen) atoms. The van der Waals surface area contributed by atoms with Gasteiger partial charge in [0.25, 0.3) is 5.91 Å². The minimum Gasteiger partial charge on any atom is -0.321 e. The van der Waals surface area contributed by atoms with Crippen molar-refractivity contribution in [2.75, 3.05) is 5.32 Å². The third kappa shape index (κ3) is 3.25. The van der Waals surface area contributed by atoms with E-state index in [0.29, 0.717) is 16.4 Å². The van der Waals surface area contributed by atoms with E-state index >= 15 is 0 Å². The number of nitrogens with one attached hydrogen (secondary N) is 1. The first kappa shape index (κ1) is 14.3. The number of hydrogen-bond acceptors (Lipinski definition) is 2. The second kappa shape index (κ2) is 5.88. The zero-order valence-corrected chi connectivity index (χ0v) is 13.4. The number of rotatable bonds is 2. The fourth-order valence-electron chi connectivity index (χ4n) is 1.65. The van der Waals surface area contributed by atoms with Gasteiger partial charge >= 0.3 is 0 Å². The Morgan fingerprint density at radius 3 is 2.74 bits per heavy atom. The lowest BCUT2D eigenvalue weighted by Gasteiger charge is -2.09. The van der Waals surface area contributed by atoms with E-state index in [4.69, 9.17) is 11.6 Å². The number of aryl methyl sites for hydroxylation is 2. The summed E-state index contributed by atoms with van der Waals surface area (Å²) in [5.74, 6) is -0.142. The smallest absolute Gasteiger partial charge is 0.256 e. The molecule has 0 aliphatic carbocycles. The van der Waals surface area contributed by atoms with E-state index in [1.165, 1.54) is 0 Å². The van der Waals surface area contributed by atoms with E-state index in [0.717, 1.165) is 14.7 Å². The van der Waals surface area contributed by atoms with Crippen molar-refractivity contribution in [3.8, 4) is 0 Å². The summed E-state index contributed by atoms with van der Waals surface area (Å²) in [6.45, 7) is 3.83. The molecule has 1 amide bonds. The quantitative estimate of drug-likeness (QED) is 0.620. The lowest BCUT2D eigenvalue weighted by molar-refractivity contribution is 0.102. The summed E-state index contributed by atoms with van der Waals surface area (Å²) in [5, 5.41) is 3.28. The van der Waals surface area contributed by atoms with Crippen molar-refractivity contribution in [3.63, 3.8) is 0 Å². The second-order valence-corrected chi connectivity index (χ2v) is 5.66. The van der Waals surface area contributed by atoms with Crippen molar-refractivity contribution in [1.82, 2.24) is 4.98 Å². The highest BCUT2D eigenvalue weighted by molar-refractivity contribution is 14.1. The van der Waals surface area contributed by atoms with Crippen LogP contribution in [0.4, 0.5) is 5.69 Å². The van der Waals surface area contributed by atoms with Crippen LogP contribution in [0, 0.1) is 17.4 Å². The first-order chi connectivity index (χ1) is 8.99. The topological polar surface area (TPSA) is 42.0 Å². The minimum atomic E-state index is -0.142. The first-order valence-corrected chi connectivity index (χ1v) is 7.13. The maximum Gasteiger partial charge on any atom is 0.256 e. The molecule has 0 radical (unpaired) electrons. The Balaban J connectivity index is 2.26. The van der Waals surface area contributed by atoms with Crippen LogP contribution < -0.4 is 5.32 Å². The minimum absolute atomic E-state index is 0.142. The Hall–Kier alpha value is -1.14. The molecule has 0 spiro atoms. The predicted molar refractivity (Wildman–Crippen MR) is 85.8 cm³/mol. The number of halogens is 2. The SMILES string of the molecule is Cc1cc(NC(=O)c2cccc(C)c2I)cnc1Cl. The van der Waals surface area contributed by atoms with Crippen LogP contribution in [0.1, 0.15) is 21.5 Å². The maximum atomic E-state index is 12.2. The third-order valence-electron chi connectivity index (χ3n) is 2.71. The van der Waals surface area contributed by atoms with Crippen molar-refractivity contribution in [1.29, 1.82) is 0 Å². The Morgan fingerprint density at radius 2 is 2.05 bits per heavy atom. The summed E-state index contributed by atoms with van der Waals surface area (Å²) in [6, 6.07) is 7.46. The number of benzene rings is 1. The van der Waals surface area contributed by atoms with Gasteiger partial charge in [-0.1, -0.05) is 23.7 Å². The Kier molecular flexibility index (Phi) is 4.42. The molecular weight excluding hydrogens is 375 g/mol. The van der Waals surface area contributed by atoms with E-state index in [1.54, 1.807) is 18.3 Å². The number of carbonyl (C=O) groups excluding carboxylic acids is 1. The number of amides is 1. The van der Waals surface area contributed by atoms with Gasteiger partial charge in [-0.2, -0.15) is 0 Å². The van der Waals surface area contributed by atoms with Crippen LogP contribution >= 0.6 is 34.2 Å². The number of hydrogen-bond donors (Lipinski definition) is 1. The molecule has 0 bridgehead atoms. The van der Waals surface area contributed by atoms with Crippen LogP contribution in [0.25, 0.3) is 0 Å². The molecule has 1 heterocycles. The first-order valence-electron chi connectivity index (χ1n) is 5.67. The lowest BCUT2D eigenvalue weighted by atomic mass is 10.1. The van der Waals surface area contributed by atoms with Crippen molar-refractivity contribution < 1.29 is 4.79 Å². The number of aromatic nitrogens is 1. The van der Waals surface area contributed by atoms with E-state index in [1.807, 2.05) is 26.0 Å². The summed E-state index contributed by atoms with van der Waals surface area (Å²) in [4.78, 5) is 16.2. The normalized spacial score (nSPS) is 10.3. The monoisotopic (exact) mass is 386 g/mol. The van der Waals surface area contributed by atoms with Crippen molar-refractivity contribution >= 4 is 45.8 Å². The molecule has 0 saturated carbocycles. The van der Waals surface area contributed by atoms with Gasteiger partial charge in [0.1, 0.15) is 5.15 Å². The molecule has 1 aromatic carbocycles. The second-order valence-electron chi connectivity index (χ2n) is 4.22. The largest absolute Gasteiger partial charge is 0.321 e. The highest BCUT2D eigenvalue weighted by Gasteiger charge is 2.12. The number of carbonyl (C=O) groups is 1. The molecule has 0 fully saturated rings. The summed E-state index contributed by atoms with van der Waals surface area (Å²) in [5.41, 5.74) is 3.22. The molecule has 0 unspecified atom stereocenters. The molecule has 3 nitrogen and oxygen atoms in total. The van der Waals surface area contributed by atoms with Crippen LogP contribution in [0.5, 0.6) is 0 Å². The van der Waals surface area contributed by atoms with Gasteiger partial charge in [0.05, 0.1) is 17.4 Å². The van der Waals surface area contributed by atoms with Crippen LogP contribution in [0.3, 0.4) is 0 Å². The van der Waals surface area contributed by atoms with E-state index in [2.05, 4.69) is 32.9 Å². The van der Waals surface area contributed by atoms with E-state index in [9.17, 15) is 4.79 Å². The van der Waals surface area contributed by atoms with Crippen LogP contribution in [0.15, 0.2) is 30.5 Å². The number of nitrogens with zero attached hydrogens (tertiary/aromatic N) is 1. The molecular formula is C14H12ClIN2O. The molecule has 1 aromatic heterocycles. The van der Waals surface area contributed by atoms with Crippen molar-refractivity contribution in [3.05, 3.63) is 55.9 Å². The summed E-state index contributed by atoms with van der Waals surface area (Å²) >= 11 is 8.03. The van der Waals surface area contributed by atoms with Gasteiger partial charge in [-0.3, -0.25) is 4.79 Å². The molecule has 1 N–H and O–H groups in total. The Morgan fingerprint density at radius 1 is 1.32 bits per heavy atom. The summed E-state index contributed by atoms with van der Waals surface area (Å²) in [7, 11) is 0. The highest BCUT2D eigenvalue weighted by Crippen LogP contribution is 2.20. The van der Waals surface area contributed by atoms with Crippen LogP contribution in [-0.4, -0.2) is 10.9 Å². The maximum absolute atomic E-state index is 12.2. The zero-order chi connectivity index (χ0) is 14.0. The fourth-order valence-corrected chi connectivity index (χ4v) is 2.36. The molecule has 0 atom stereocenters. The third-order valence-corrected chi connectivity index (χ3v) is 4.54. The van der Waals surface area contributed by atoms with Gasteiger partial charge in [-0.25, -0.2) is 4.98 Å². The molecule has 0 saturated heterocycles. The highest BCUT2D eigenvalue weighted by atomic mass is 127. The molecule has 2 rings (SSSR count). The average molecular weight is 387 g/mol. The van der Waals surface area contributed by atoms with Gasteiger partial charge < -0.3 is 5.32 Å². The van der Waals surface area contributed by atoms with E-state index in [-0.39, 0.29) is 5.91 Å². The number of pyridine rings is 1. The van der Waals surface area contributed by atoms with Crippen molar-refractivity contribution in [2.24, 2.45) is 0 Å². The zero-order valence-electron chi connectivity index (χ0n) is 10.5. The fraction of sp³-hybridized carbons (Fsp3) is 0.143. The molecule has 2 aromatic rings. The number of anilines is 1. The van der Waals surface area contributed by atoms with Crippen LogP contribution in [-0.2, 0) is 0 Å². The van der Waals surface area contributed by atoms with Gasteiger partial charge in [-0.15, -0.1) is 0 Å². The lowest BCUT2D eigenvalue weighted by Crippen LogP contribution is -2.14. The summed E-state index contributed by atoms with van der Waals surface area (Å²) in [6.07, 6.45) is 1.55. The van der Waals surface area contributed by atoms with Gasteiger partial charge in [0.15, 0.2) is 0 Å². The summed E-state index contributed by atoms with van der Waals surface area (Å²) < 4.78 is 0.955. The molecule has 0 aliphatic heterocycles. The van der Waals surface area contributed by atoms with Gasteiger partial charge in [0.2, 0.25) is 0 Å². The predicted octanol–water partition coefficient (Wildman–Crippen LogP) is 4.21. The standard InChI is InChI=1S/C14H12ClIN2O/c1-8-4-3-5-11(12(8)16)14(19)18-10-6-9(2)13(15)17-7-10/h3-7H,1-2H3,(H,18,19). The Labute approximate surface area is 130 Å². The van der Waals surface area contributed by atoms with Gasteiger partial charge in [0, 0.05) is 3.57 Å². The average Bonchev–Trinajstić information content (AvgIpc) is 2.37. The van der Waals surface area contributed by atoms with Gasteiger partial charge in [-0.05, 0) is 59.7 Å². The van der Waals surface area contributed by atoms with E-state index < -0.39 is 0 Å².